The molecule has 1 heterocycles. The summed E-state index contributed by atoms with van der Waals surface area (Å²) in [5.41, 5.74) is 0. The summed E-state index contributed by atoms with van der Waals surface area (Å²) in [6.45, 7) is 4.47. The average molecular weight is 246 g/mol. The Morgan fingerprint density at radius 2 is 2.44 bits per heavy atom. The van der Waals surface area contributed by atoms with Crippen molar-refractivity contribution in [1.82, 2.24) is 10.2 Å². The van der Waals surface area contributed by atoms with E-state index in [9.17, 15) is 0 Å². The molecule has 1 fully saturated rings. The van der Waals surface area contributed by atoms with E-state index in [2.05, 4.69) is 12.2 Å². The van der Waals surface area contributed by atoms with Gasteiger partial charge < -0.3 is 19.7 Å². The van der Waals surface area contributed by atoms with E-state index in [-0.39, 0.29) is 6.04 Å². The maximum Gasteiger partial charge on any atom is 0.169 e. The molecule has 0 aromatic carbocycles. The molecule has 0 aromatic rings. The molecule has 0 amide bonds. The van der Waals surface area contributed by atoms with E-state index >= 15 is 0 Å². The molecule has 94 valence electrons. The molecule has 1 N–H and O–H groups in total. The zero-order valence-electron chi connectivity index (χ0n) is 10.4. The van der Waals surface area contributed by atoms with Gasteiger partial charge in [0.25, 0.3) is 0 Å². The van der Waals surface area contributed by atoms with E-state index < -0.39 is 0 Å². The molecule has 1 rings (SSSR count). The lowest BCUT2D eigenvalue weighted by atomic mass is 10.2. The molecule has 1 aliphatic rings. The molecule has 0 aliphatic carbocycles. The van der Waals surface area contributed by atoms with Crippen molar-refractivity contribution in [2.45, 2.75) is 31.9 Å². The van der Waals surface area contributed by atoms with Gasteiger partial charge in [-0.05, 0) is 32.0 Å². The van der Waals surface area contributed by atoms with E-state index in [0.29, 0.717) is 12.7 Å². The Hall–Kier alpha value is -0.390. The van der Waals surface area contributed by atoms with Crippen LogP contribution in [-0.2, 0) is 9.47 Å². The number of nitrogens with zero attached hydrogens (tertiary/aromatic N) is 1. The molecule has 0 radical (unpaired) electrons. The van der Waals surface area contributed by atoms with Crippen molar-refractivity contribution in [1.29, 1.82) is 0 Å². The number of nitrogens with one attached hydrogen (secondary N) is 1. The monoisotopic (exact) mass is 246 g/mol. The van der Waals surface area contributed by atoms with Crippen LogP contribution >= 0.6 is 12.2 Å². The molecule has 0 bridgehead atoms. The molecule has 2 unspecified atom stereocenters. The van der Waals surface area contributed by atoms with Crippen LogP contribution in [-0.4, -0.2) is 56.1 Å². The molecule has 5 heteroatoms. The summed E-state index contributed by atoms with van der Waals surface area (Å²) in [5, 5.41) is 4.00. The van der Waals surface area contributed by atoms with Gasteiger partial charge in [-0.3, -0.25) is 0 Å². The first kappa shape index (κ1) is 13.7. The minimum Gasteiger partial charge on any atom is -0.383 e. The minimum atomic E-state index is 0.240. The fraction of sp³-hybridized carbons (Fsp3) is 0.909. The standard InChI is InChI=1S/C11H22N2O2S/c1-9(8-14-3)12-11(16)13(2)7-10-5-4-6-15-10/h9-10H,4-8H2,1-3H3,(H,12,16). The van der Waals surface area contributed by atoms with Gasteiger partial charge in [-0.25, -0.2) is 0 Å². The fourth-order valence-electron chi connectivity index (χ4n) is 1.79. The summed E-state index contributed by atoms with van der Waals surface area (Å²) in [6, 6.07) is 0.240. The second kappa shape index (κ2) is 7.04. The normalized spacial score (nSPS) is 21.8. The number of thiocarbonyl (C=S) groups is 1. The molecule has 0 spiro atoms. The Bertz CT molecular complexity index is 220. The molecule has 4 nitrogen and oxygen atoms in total. The molecule has 16 heavy (non-hydrogen) atoms. The Labute approximate surface area is 103 Å². The van der Waals surface area contributed by atoms with Crippen LogP contribution in [0.25, 0.3) is 0 Å². The van der Waals surface area contributed by atoms with E-state index in [4.69, 9.17) is 21.7 Å². The number of hydrogen-bond acceptors (Lipinski definition) is 3. The molecule has 0 saturated carbocycles. The van der Waals surface area contributed by atoms with Gasteiger partial charge in [-0.1, -0.05) is 0 Å². The maximum absolute atomic E-state index is 5.57. The minimum absolute atomic E-state index is 0.240. The van der Waals surface area contributed by atoms with Crippen LogP contribution in [0.5, 0.6) is 0 Å². The summed E-state index contributed by atoms with van der Waals surface area (Å²) < 4.78 is 10.6. The second-order valence-corrected chi connectivity index (χ2v) is 4.71. The molecule has 1 saturated heterocycles. The van der Waals surface area contributed by atoms with Gasteiger partial charge in [0.1, 0.15) is 0 Å². The van der Waals surface area contributed by atoms with Gasteiger partial charge in [0.15, 0.2) is 5.11 Å². The topological polar surface area (TPSA) is 33.7 Å². The number of rotatable bonds is 5. The van der Waals surface area contributed by atoms with Gasteiger partial charge in [0.05, 0.1) is 12.7 Å². The summed E-state index contributed by atoms with van der Waals surface area (Å²) >= 11 is 5.31. The first-order valence-electron chi connectivity index (χ1n) is 5.75. The largest absolute Gasteiger partial charge is 0.383 e. The highest BCUT2D eigenvalue weighted by Gasteiger charge is 2.18. The molecular formula is C11H22N2O2S. The van der Waals surface area contributed by atoms with Gasteiger partial charge >= 0.3 is 0 Å². The number of likely N-dealkylation sites (N-methyl/N-ethyl adjacent to an activating group) is 1. The van der Waals surface area contributed by atoms with Crippen LogP contribution in [0.1, 0.15) is 19.8 Å². The first-order chi connectivity index (χ1) is 7.63. The van der Waals surface area contributed by atoms with Crippen molar-refractivity contribution in [3.63, 3.8) is 0 Å². The van der Waals surface area contributed by atoms with Crippen molar-refractivity contribution < 1.29 is 9.47 Å². The maximum atomic E-state index is 5.57. The third kappa shape index (κ3) is 4.63. The third-order valence-electron chi connectivity index (χ3n) is 2.63. The number of hydrogen-bond donors (Lipinski definition) is 1. The summed E-state index contributed by atoms with van der Waals surface area (Å²) in [5.74, 6) is 0. The highest BCUT2D eigenvalue weighted by Crippen LogP contribution is 2.12. The van der Waals surface area contributed by atoms with Gasteiger partial charge in [0, 0.05) is 33.4 Å². The molecule has 0 aromatic heterocycles. The van der Waals surface area contributed by atoms with Crippen molar-refractivity contribution in [2.24, 2.45) is 0 Å². The Morgan fingerprint density at radius 3 is 3.00 bits per heavy atom. The van der Waals surface area contributed by atoms with Gasteiger partial charge in [-0.2, -0.15) is 0 Å². The van der Waals surface area contributed by atoms with E-state index in [0.717, 1.165) is 24.7 Å². The van der Waals surface area contributed by atoms with Crippen LogP contribution < -0.4 is 5.32 Å². The van der Waals surface area contributed by atoms with Gasteiger partial charge in [-0.15, -0.1) is 0 Å². The van der Waals surface area contributed by atoms with E-state index in [1.165, 1.54) is 6.42 Å². The highest BCUT2D eigenvalue weighted by atomic mass is 32.1. The summed E-state index contributed by atoms with van der Waals surface area (Å²) in [4.78, 5) is 2.04. The zero-order valence-corrected chi connectivity index (χ0v) is 11.2. The number of ether oxygens (including phenoxy) is 2. The van der Waals surface area contributed by atoms with Crippen molar-refractivity contribution in [3.8, 4) is 0 Å². The second-order valence-electron chi connectivity index (χ2n) is 4.32. The smallest absolute Gasteiger partial charge is 0.169 e. The van der Waals surface area contributed by atoms with E-state index in [1.807, 2.05) is 11.9 Å². The predicted molar refractivity (Wildman–Crippen MR) is 68.7 cm³/mol. The fourth-order valence-corrected chi connectivity index (χ4v) is 2.07. The highest BCUT2D eigenvalue weighted by molar-refractivity contribution is 7.80. The van der Waals surface area contributed by atoms with E-state index in [1.54, 1.807) is 7.11 Å². The predicted octanol–water partition coefficient (Wildman–Crippen LogP) is 1.01. The Balaban J connectivity index is 2.23. The van der Waals surface area contributed by atoms with Crippen LogP contribution in [0, 0.1) is 0 Å². The Morgan fingerprint density at radius 1 is 1.69 bits per heavy atom. The van der Waals surface area contributed by atoms with Crippen molar-refractivity contribution in [2.75, 3.05) is 33.9 Å². The van der Waals surface area contributed by atoms with Crippen LogP contribution in [0.3, 0.4) is 0 Å². The molecular weight excluding hydrogens is 224 g/mol. The van der Waals surface area contributed by atoms with Crippen LogP contribution in [0.4, 0.5) is 0 Å². The lowest BCUT2D eigenvalue weighted by molar-refractivity contribution is 0.0953. The SMILES string of the molecule is COCC(C)NC(=S)N(C)CC1CCCO1. The van der Waals surface area contributed by atoms with Crippen molar-refractivity contribution >= 4 is 17.3 Å². The zero-order chi connectivity index (χ0) is 12.0. The lowest BCUT2D eigenvalue weighted by Crippen LogP contribution is -2.45. The summed E-state index contributed by atoms with van der Waals surface area (Å²) in [6.07, 6.45) is 2.64. The third-order valence-corrected chi connectivity index (χ3v) is 3.06. The lowest BCUT2D eigenvalue weighted by Gasteiger charge is -2.26. The average Bonchev–Trinajstić information content (AvgIpc) is 2.70. The first-order valence-corrected chi connectivity index (χ1v) is 6.16. The number of methoxy groups -OCH3 is 1. The Kier molecular flexibility index (Phi) is 6.01. The van der Waals surface area contributed by atoms with Crippen molar-refractivity contribution in [3.05, 3.63) is 0 Å². The molecule has 2 atom stereocenters. The summed E-state index contributed by atoms with van der Waals surface area (Å²) in [7, 11) is 3.69. The molecule has 1 aliphatic heterocycles. The van der Waals surface area contributed by atoms with Crippen LogP contribution in [0.2, 0.25) is 0 Å². The van der Waals surface area contributed by atoms with Gasteiger partial charge in [0.2, 0.25) is 0 Å². The quantitative estimate of drug-likeness (QED) is 0.732. The van der Waals surface area contributed by atoms with Crippen LogP contribution in [0.15, 0.2) is 0 Å².